The molecular weight excluding hydrogens is 220 g/mol. The molecule has 0 bridgehead atoms. The van der Waals surface area contributed by atoms with Gasteiger partial charge in [-0.1, -0.05) is 0 Å². The van der Waals surface area contributed by atoms with E-state index in [1.54, 1.807) is 0 Å². The Balaban J connectivity index is 2.85. The van der Waals surface area contributed by atoms with Crippen molar-refractivity contribution >= 4 is 39.9 Å². The number of hydrogen-bond donors (Lipinski definition) is 2. The fourth-order valence-electron chi connectivity index (χ4n) is 0.399. The van der Waals surface area contributed by atoms with E-state index in [0.717, 1.165) is 9.61 Å². The van der Waals surface area contributed by atoms with Crippen molar-refractivity contribution in [2.24, 2.45) is 5.73 Å². The molecule has 1 atom stereocenters. The van der Waals surface area contributed by atoms with Gasteiger partial charge in [0.05, 0.1) is 11.1 Å². The fourth-order valence-corrected chi connectivity index (χ4v) is 1.69. The molecule has 1 unspecified atom stereocenters. The van der Waals surface area contributed by atoms with Gasteiger partial charge in [0.25, 0.3) is 0 Å². The van der Waals surface area contributed by atoms with Gasteiger partial charge in [-0.3, -0.25) is 0 Å². The molecule has 2 N–H and O–H groups in total. The molecule has 2 nitrogen and oxygen atoms in total. The Labute approximate surface area is 71.0 Å². The monoisotopic (exact) mass is 224 g/mol. The molecule has 0 aromatic carbocycles. The molecule has 0 amide bonds. The molecule has 0 fully saturated rings. The van der Waals surface area contributed by atoms with Crippen molar-refractivity contribution < 1.29 is 0 Å². The lowest BCUT2D eigenvalue weighted by Crippen LogP contribution is -2.01. The highest BCUT2D eigenvalue weighted by atomic mass is 79.9. The van der Waals surface area contributed by atoms with E-state index in [1.807, 2.05) is 5.38 Å². The average molecular weight is 225 g/mol. The van der Waals surface area contributed by atoms with E-state index in [9.17, 15) is 0 Å². The molecule has 1 heterocycles. The number of nitrogens with zero attached hydrogens (tertiary/aromatic N) is 1. The van der Waals surface area contributed by atoms with Crippen LogP contribution in [0.4, 0.5) is 0 Å². The van der Waals surface area contributed by atoms with Gasteiger partial charge in [-0.25, -0.2) is 4.98 Å². The largest absolute Gasteiger partial charge is 0.315 e. The van der Waals surface area contributed by atoms with Crippen molar-refractivity contribution in [1.82, 2.24) is 4.98 Å². The van der Waals surface area contributed by atoms with Crippen molar-refractivity contribution in [2.45, 2.75) is 5.37 Å². The van der Waals surface area contributed by atoms with Crippen molar-refractivity contribution in [2.75, 3.05) is 0 Å². The number of rotatable bonds is 1. The number of thiol groups is 1. The minimum atomic E-state index is -0.257. The van der Waals surface area contributed by atoms with Crippen molar-refractivity contribution in [3.63, 3.8) is 0 Å². The summed E-state index contributed by atoms with van der Waals surface area (Å²) in [4.78, 5) is 4.04. The van der Waals surface area contributed by atoms with Crippen LogP contribution >= 0.6 is 39.9 Å². The van der Waals surface area contributed by atoms with Gasteiger partial charge in [-0.05, 0) is 15.9 Å². The van der Waals surface area contributed by atoms with Crippen LogP contribution in [0.1, 0.15) is 11.1 Å². The van der Waals surface area contributed by atoms with Crippen LogP contribution in [0.25, 0.3) is 0 Å². The Kier molecular flexibility index (Phi) is 2.51. The first-order chi connectivity index (χ1) is 4.20. The summed E-state index contributed by atoms with van der Waals surface area (Å²) in [6.45, 7) is 0. The molecule has 0 spiro atoms. The highest BCUT2D eigenvalue weighted by molar-refractivity contribution is 9.11. The topological polar surface area (TPSA) is 38.9 Å². The first-order valence-corrected chi connectivity index (χ1v) is 4.43. The molecule has 0 aliphatic rings. The van der Waals surface area contributed by atoms with E-state index in [0.29, 0.717) is 0 Å². The predicted octanol–water partition coefficient (Wildman–Crippen LogP) is 1.79. The van der Waals surface area contributed by atoms with E-state index in [2.05, 4.69) is 33.5 Å². The SMILES string of the molecule is NC(S)c1csc(Br)n1. The Bertz CT molecular complexity index is 198. The third-order valence-corrected chi connectivity index (χ3v) is 2.44. The summed E-state index contributed by atoms with van der Waals surface area (Å²) < 4.78 is 0.849. The molecule has 1 rings (SSSR count). The lowest BCUT2D eigenvalue weighted by molar-refractivity contribution is 0.984. The second kappa shape index (κ2) is 3.01. The molecule has 0 radical (unpaired) electrons. The minimum absolute atomic E-state index is 0.257. The molecule has 1 aromatic rings. The van der Waals surface area contributed by atoms with Crippen molar-refractivity contribution in [3.05, 3.63) is 15.0 Å². The summed E-state index contributed by atoms with van der Waals surface area (Å²) in [5.74, 6) is 0. The summed E-state index contributed by atoms with van der Waals surface area (Å²) in [5, 5.41) is 1.62. The zero-order valence-electron chi connectivity index (χ0n) is 4.41. The lowest BCUT2D eigenvalue weighted by atomic mass is 10.5. The van der Waals surface area contributed by atoms with Gasteiger partial charge in [0.1, 0.15) is 0 Å². The fraction of sp³-hybridized carbons (Fsp3) is 0.250. The number of thiazole rings is 1. The molecule has 0 aliphatic carbocycles. The van der Waals surface area contributed by atoms with Gasteiger partial charge in [-0.15, -0.1) is 11.3 Å². The summed E-state index contributed by atoms with van der Waals surface area (Å²) >= 11 is 8.73. The summed E-state index contributed by atoms with van der Waals surface area (Å²) in [7, 11) is 0. The zero-order chi connectivity index (χ0) is 6.85. The third kappa shape index (κ3) is 1.93. The van der Waals surface area contributed by atoms with Gasteiger partial charge in [0, 0.05) is 5.38 Å². The van der Waals surface area contributed by atoms with E-state index < -0.39 is 0 Å². The number of nitrogens with two attached hydrogens (primary N) is 1. The van der Waals surface area contributed by atoms with Gasteiger partial charge in [0.15, 0.2) is 3.92 Å². The molecule has 0 aliphatic heterocycles. The summed E-state index contributed by atoms with van der Waals surface area (Å²) in [5.41, 5.74) is 6.23. The van der Waals surface area contributed by atoms with E-state index >= 15 is 0 Å². The summed E-state index contributed by atoms with van der Waals surface area (Å²) in [6, 6.07) is 0. The molecule has 50 valence electrons. The standard InChI is InChI=1S/C4H5BrN2S2/c5-4-7-2(1-9-4)3(6)8/h1,3,8H,6H2. The second-order valence-electron chi connectivity index (χ2n) is 1.47. The van der Waals surface area contributed by atoms with Crippen LogP contribution < -0.4 is 5.73 Å². The Morgan fingerprint density at radius 3 is 2.78 bits per heavy atom. The molecule has 9 heavy (non-hydrogen) atoms. The van der Waals surface area contributed by atoms with Crippen LogP contribution in [0.15, 0.2) is 9.30 Å². The van der Waals surface area contributed by atoms with Crippen molar-refractivity contribution in [3.8, 4) is 0 Å². The lowest BCUT2D eigenvalue weighted by Gasteiger charge is -1.94. The first kappa shape index (κ1) is 7.53. The van der Waals surface area contributed by atoms with Crippen LogP contribution in [-0.4, -0.2) is 4.98 Å². The van der Waals surface area contributed by atoms with Crippen molar-refractivity contribution in [1.29, 1.82) is 0 Å². The van der Waals surface area contributed by atoms with Crippen LogP contribution in [0.3, 0.4) is 0 Å². The van der Waals surface area contributed by atoms with Gasteiger partial charge in [-0.2, -0.15) is 12.6 Å². The summed E-state index contributed by atoms with van der Waals surface area (Å²) in [6.07, 6.45) is 0. The number of halogens is 1. The van der Waals surface area contributed by atoms with Gasteiger partial charge >= 0.3 is 0 Å². The van der Waals surface area contributed by atoms with Crippen LogP contribution in [0, 0.1) is 0 Å². The van der Waals surface area contributed by atoms with Gasteiger partial charge in [0.2, 0.25) is 0 Å². The van der Waals surface area contributed by atoms with Crippen LogP contribution in [-0.2, 0) is 0 Å². The van der Waals surface area contributed by atoms with E-state index in [1.165, 1.54) is 11.3 Å². The Morgan fingerprint density at radius 2 is 2.56 bits per heavy atom. The molecular formula is C4H5BrN2S2. The Hall–Kier alpha value is 0.420. The maximum Gasteiger partial charge on any atom is 0.159 e. The maximum absolute atomic E-state index is 5.41. The highest BCUT2D eigenvalue weighted by Gasteiger charge is 2.02. The van der Waals surface area contributed by atoms with E-state index in [-0.39, 0.29) is 5.37 Å². The minimum Gasteiger partial charge on any atom is -0.315 e. The third-order valence-electron chi connectivity index (χ3n) is 0.797. The zero-order valence-corrected chi connectivity index (χ0v) is 7.71. The van der Waals surface area contributed by atoms with E-state index in [4.69, 9.17) is 5.73 Å². The smallest absolute Gasteiger partial charge is 0.159 e. The average Bonchev–Trinajstić information content (AvgIpc) is 2.14. The van der Waals surface area contributed by atoms with Crippen LogP contribution in [0.5, 0.6) is 0 Å². The molecule has 0 saturated carbocycles. The molecule has 5 heteroatoms. The molecule has 1 aromatic heterocycles. The maximum atomic E-state index is 5.41. The number of aromatic nitrogens is 1. The molecule has 0 saturated heterocycles. The van der Waals surface area contributed by atoms with Gasteiger partial charge < -0.3 is 5.73 Å². The number of hydrogen-bond acceptors (Lipinski definition) is 4. The second-order valence-corrected chi connectivity index (χ2v) is 4.16. The highest BCUT2D eigenvalue weighted by Crippen LogP contribution is 2.20. The predicted molar refractivity (Wildman–Crippen MR) is 45.7 cm³/mol. The van der Waals surface area contributed by atoms with Crippen LogP contribution in [0.2, 0.25) is 0 Å². The first-order valence-electron chi connectivity index (χ1n) is 2.24. The normalized spacial score (nSPS) is 13.7. The Morgan fingerprint density at radius 1 is 1.89 bits per heavy atom. The quantitative estimate of drug-likeness (QED) is 0.565.